The molecular weight excluding hydrogens is 514 g/mol. The first-order chi connectivity index (χ1) is 18.9. The molecule has 0 saturated carbocycles. The fraction of sp³-hybridized carbons (Fsp3) is 0.133. The molecule has 0 radical (unpaired) electrons. The summed E-state index contributed by atoms with van der Waals surface area (Å²) >= 11 is 1.25. The van der Waals surface area contributed by atoms with E-state index in [9.17, 15) is 19.2 Å². The van der Waals surface area contributed by atoms with Gasteiger partial charge in [-0.15, -0.1) is 11.8 Å². The number of rotatable bonds is 11. The highest BCUT2D eigenvalue weighted by Crippen LogP contribution is 2.24. The lowest BCUT2D eigenvalue weighted by Gasteiger charge is -2.12. The molecule has 4 aromatic rings. The van der Waals surface area contributed by atoms with Crippen LogP contribution in [0.1, 0.15) is 29.3 Å². The van der Waals surface area contributed by atoms with Crippen LogP contribution in [0.15, 0.2) is 95.7 Å². The van der Waals surface area contributed by atoms with Gasteiger partial charge in [-0.1, -0.05) is 42.5 Å². The molecule has 2 amide bonds. The zero-order valence-electron chi connectivity index (χ0n) is 21.2. The van der Waals surface area contributed by atoms with E-state index < -0.39 is 17.8 Å². The Balaban J connectivity index is 1.51. The zero-order chi connectivity index (χ0) is 27.6. The number of Topliss-reactive ketones (excluding diaryl/α,β-unsaturated/α-hetero) is 1. The van der Waals surface area contributed by atoms with E-state index >= 15 is 0 Å². The van der Waals surface area contributed by atoms with E-state index in [4.69, 9.17) is 4.74 Å². The first-order valence-electron chi connectivity index (χ1n) is 12.3. The number of carbonyl (C=O) groups is 4. The smallest absolute Gasteiger partial charge is 0.313 e. The SMILES string of the molecule is CCOC(=O)CC(=O)CSc1cccc(NC(=O)/C(=C\c2c[nH]c3ccccc23)NC(=O)c2ccccc2)c1. The number of ether oxygens (including phenoxy) is 1. The summed E-state index contributed by atoms with van der Waals surface area (Å²) < 4.78 is 4.81. The van der Waals surface area contributed by atoms with E-state index in [0.29, 0.717) is 11.3 Å². The molecule has 198 valence electrons. The number of benzene rings is 3. The maximum atomic E-state index is 13.4. The molecule has 0 unspecified atom stereocenters. The van der Waals surface area contributed by atoms with E-state index in [0.717, 1.165) is 21.4 Å². The Morgan fingerprint density at radius 1 is 0.949 bits per heavy atom. The molecule has 9 heteroatoms. The van der Waals surface area contributed by atoms with Gasteiger partial charge in [0, 0.05) is 38.8 Å². The number of thioether (sulfide) groups is 1. The molecule has 0 bridgehead atoms. The van der Waals surface area contributed by atoms with Gasteiger partial charge in [-0.2, -0.15) is 0 Å². The van der Waals surface area contributed by atoms with Crippen molar-refractivity contribution in [3.63, 3.8) is 0 Å². The van der Waals surface area contributed by atoms with Crippen LogP contribution in [0.3, 0.4) is 0 Å². The Hall–Kier alpha value is -4.63. The minimum absolute atomic E-state index is 0.0660. The van der Waals surface area contributed by atoms with Crippen LogP contribution in [0.5, 0.6) is 0 Å². The molecule has 0 fully saturated rings. The average molecular weight is 542 g/mol. The zero-order valence-corrected chi connectivity index (χ0v) is 22.0. The van der Waals surface area contributed by atoms with E-state index in [1.807, 2.05) is 30.3 Å². The number of hydrogen-bond acceptors (Lipinski definition) is 6. The number of aromatic amines is 1. The Morgan fingerprint density at radius 2 is 1.72 bits per heavy atom. The number of carbonyl (C=O) groups excluding carboxylic acids is 4. The summed E-state index contributed by atoms with van der Waals surface area (Å²) in [6.07, 6.45) is 3.12. The van der Waals surface area contributed by atoms with Crippen molar-refractivity contribution in [1.29, 1.82) is 0 Å². The van der Waals surface area contributed by atoms with Crippen LogP contribution in [0.4, 0.5) is 5.69 Å². The Kier molecular flexibility index (Phi) is 9.31. The number of anilines is 1. The number of H-pyrrole nitrogens is 1. The van der Waals surface area contributed by atoms with Crippen molar-refractivity contribution in [2.45, 2.75) is 18.2 Å². The summed E-state index contributed by atoms with van der Waals surface area (Å²) in [7, 11) is 0. The molecule has 3 aromatic carbocycles. The summed E-state index contributed by atoms with van der Waals surface area (Å²) in [4.78, 5) is 53.8. The van der Waals surface area contributed by atoms with Gasteiger partial charge in [-0.3, -0.25) is 19.2 Å². The fourth-order valence-corrected chi connectivity index (χ4v) is 4.58. The van der Waals surface area contributed by atoms with Crippen molar-refractivity contribution >= 4 is 58.0 Å². The topological polar surface area (TPSA) is 117 Å². The maximum Gasteiger partial charge on any atom is 0.313 e. The molecule has 0 aliphatic heterocycles. The molecular formula is C30H27N3O5S. The minimum atomic E-state index is -0.545. The molecule has 39 heavy (non-hydrogen) atoms. The number of esters is 1. The van der Waals surface area contributed by atoms with Gasteiger partial charge in [0.05, 0.1) is 12.4 Å². The van der Waals surface area contributed by atoms with Crippen molar-refractivity contribution in [3.8, 4) is 0 Å². The Bertz CT molecular complexity index is 1530. The highest BCUT2D eigenvalue weighted by atomic mass is 32.2. The molecule has 0 aliphatic rings. The summed E-state index contributed by atoms with van der Waals surface area (Å²) in [5.74, 6) is -1.63. The van der Waals surface area contributed by atoms with Crippen LogP contribution >= 0.6 is 11.8 Å². The summed E-state index contributed by atoms with van der Waals surface area (Å²) in [6.45, 7) is 1.91. The number of para-hydroxylation sites is 1. The van der Waals surface area contributed by atoms with Gasteiger partial charge in [0.25, 0.3) is 11.8 Å². The van der Waals surface area contributed by atoms with Crippen LogP contribution in [-0.4, -0.2) is 40.9 Å². The Labute approximate surface area is 229 Å². The molecule has 0 saturated heterocycles. The Morgan fingerprint density at radius 3 is 2.51 bits per heavy atom. The molecule has 1 heterocycles. The number of hydrogen-bond donors (Lipinski definition) is 3. The fourth-order valence-electron chi connectivity index (χ4n) is 3.76. The number of fused-ring (bicyclic) bond motifs is 1. The quantitative estimate of drug-likeness (QED) is 0.104. The predicted molar refractivity (Wildman–Crippen MR) is 152 cm³/mol. The van der Waals surface area contributed by atoms with Gasteiger partial charge >= 0.3 is 5.97 Å². The van der Waals surface area contributed by atoms with Crippen LogP contribution in [0.25, 0.3) is 17.0 Å². The van der Waals surface area contributed by atoms with Crippen molar-refractivity contribution in [2.24, 2.45) is 0 Å². The third-order valence-electron chi connectivity index (χ3n) is 5.59. The lowest BCUT2D eigenvalue weighted by atomic mass is 10.1. The third-order valence-corrected chi connectivity index (χ3v) is 6.64. The first kappa shape index (κ1) is 27.4. The van der Waals surface area contributed by atoms with E-state index in [1.54, 1.807) is 67.7 Å². The van der Waals surface area contributed by atoms with E-state index in [2.05, 4.69) is 15.6 Å². The third kappa shape index (κ3) is 7.68. The van der Waals surface area contributed by atoms with Gasteiger partial charge in [-0.25, -0.2) is 0 Å². The van der Waals surface area contributed by atoms with Crippen molar-refractivity contribution < 1.29 is 23.9 Å². The van der Waals surface area contributed by atoms with Crippen LogP contribution in [0, 0.1) is 0 Å². The second kappa shape index (κ2) is 13.3. The summed E-state index contributed by atoms with van der Waals surface area (Å²) in [5.41, 5.74) is 2.62. The lowest BCUT2D eigenvalue weighted by Crippen LogP contribution is -2.30. The van der Waals surface area contributed by atoms with Crippen LogP contribution in [-0.2, 0) is 19.1 Å². The van der Waals surface area contributed by atoms with Crippen LogP contribution < -0.4 is 10.6 Å². The number of ketones is 1. The minimum Gasteiger partial charge on any atom is -0.466 e. The normalized spacial score (nSPS) is 11.2. The molecule has 4 rings (SSSR count). The van der Waals surface area contributed by atoms with Gasteiger partial charge in [0.15, 0.2) is 5.78 Å². The lowest BCUT2D eigenvalue weighted by molar-refractivity contribution is -0.145. The second-order valence-electron chi connectivity index (χ2n) is 8.46. The van der Waals surface area contributed by atoms with Gasteiger partial charge in [-0.05, 0) is 49.4 Å². The van der Waals surface area contributed by atoms with Crippen molar-refractivity contribution in [2.75, 3.05) is 17.7 Å². The number of nitrogens with one attached hydrogen (secondary N) is 3. The number of amides is 2. The molecule has 0 atom stereocenters. The highest BCUT2D eigenvalue weighted by molar-refractivity contribution is 8.00. The standard InChI is InChI=1S/C30H27N3O5S/c1-2-38-28(35)17-23(34)19-39-24-12-8-11-22(16-24)32-30(37)27(33-29(36)20-9-4-3-5-10-20)15-21-18-31-26-14-7-6-13-25(21)26/h3-16,18,31H,2,17,19H2,1H3,(H,32,37)(H,33,36)/b27-15+. The maximum absolute atomic E-state index is 13.4. The second-order valence-corrected chi connectivity index (χ2v) is 9.51. The largest absolute Gasteiger partial charge is 0.466 e. The molecule has 0 spiro atoms. The van der Waals surface area contributed by atoms with Crippen LogP contribution in [0.2, 0.25) is 0 Å². The van der Waals surface area contributed by atoms with Gasteiger partial charge in [0.2, 0.25) is 0 Å². The molecule has 3 N–H and O–H groups in total. The molecule has 1 aromatic heterocycles. The average Bonchev–Trinajstić information content (AvgIpc) is 3.35. The molecule has 0 aliphatic carbocycles. The van der Waals surface area contributed by atoms with Gasteiger partial charge < -0.3 is 20.4 Å². The predicted octanol–water partition coefficient (Wildman–Crippen LogP) is 5.19. The monoisotopic (exact) mass is 541 g/mol. The van der Waals surface area contributed by atoms with E-state index in [1.165, 1.54) is 11.8 Å². The molecule has 8 nitrogen and oxygen atoms in total. The number of aromatic nitrogens is 1. The summed E-state index contributed by atoms with van der Waals surface area (Å²) in [5, 5.41) is 6.48. The highest BCUT2D eigenvalue weighted by Gasteiger charge is 2.17. The van der Waals surface area contributed by atoms with Crippen molar-refractivity contribution in [3.05, 3.63) is 102 Å². The van der Waals surface area contributed by atoms with Crippen molar-refractivity contribution in [1.82, 2.24) is 10.3 Å². The van der Waals surface area contributed by atoms with Gasteiger partial charge in [0.1, 0.15) is 12.1 Å². The summed E-state index contributed by atoms with van der Waals surface area (Å²) in [6, 6.07) is 23.3. The first-order valence-corrected chi connectivity index (χ1v) is 13.3. The van der Waals surface area contributed by atoms with E-state index in [-0.39, 0.29) is 30.3 Å².